The molecule has 2 aromatic rings. The highest BCUT2D eigenvalue weighted by molar-refractivity contribution is 7.84. The van der Waals surface area contributed by atoms with Gasteiger partial charge in [-0.3, -0.25) is 4.21 Å². The number of methoxy groups -OCH3 is 1. The van der Waals surface area contributed by atoms with Gasteiger partial charge < -0.3 is 15.4 Å². The van der Waals surface area contributed by atoms with E-state index in [0.29, 0.717) is 18.0 Å². The molecule has 0 aromatic heterocycles. The average Bonchev–Trinajstić information content (AvgIpc) is 2.56. The molecule has 0 aliphatic rings. The molecule has 2 N–H and O–H groups in total. The maximum absolute atomic E-state index is 12.4. The second-order valence-corrected chi connectivity index (χ2v) is 6.91. The molecule has 2 amide bonds. The van der Waals surface area contributed by atoms with Gasteiger partial charge in [-0.1, -0.05) is 30.3 Å². The molecule has 24 heavy (non-hydrogen) atoms. The van der Waals surface area contributed by atoms with Gasteiger partial charge in [0.15, 0.2) is 0 Å². The minimum Gasteiger partial charge on any atom is -0.383 e. The minimum atomic E-state index is -1.11. The first-order valence-electron chi connectivity index (χ1n) is 7.67. The van der Waals surface area contributed by atoms with Crippen molar-refractivity contribution in [1.82, 2.24) is 5.32 Å². The lowest BCUT2D eigenvalue weighted by molar-refractivity contribution is 0.173. The predicted octanol–water partition coefficient (Wildman–Crippen LogP) is 3.15. The van der Waals surface area contributed by atoms with Crippen LogP contribution in [0.25, 0.3) is 0 Å². The van der Waals surface area contributed by atoms with Crippen LogP contribution in [0.5, 0.6) is 0 Å². The van der Waals surface area contributed by atoms with Gasteiger partial charge in [0.1, 0.15) is 0 Å². The Morgan fingerprint density at radius 3 is 2.62 bits per heavy atom. The van der Waals surface area contributed by atoms with E-state index in [-0.39, 0.29) is 12.1 Å². The molecule has 0 fully saturated rings. The van der Waals surface area contributed by atoms with Crippen LogP contribution >= 0.6 is 0 Å². The van der Waals surface area contributed by atoms with Crippen LogP contribution in [0.4, 0.5) is 10.5 Å². The van der Waals surface area contributed by atoms with Crippen LogP contribution in [0.2, 0.25) is 0 Å². The van der Waals surface area contributed by atoms with E-state index in [9.17, 15) is 9.00 Å². The standard InChI is InChI=1S/C18H22N2O3S/c1-14(12-23-2)19-18(21)20-16-8-6-7-15(11-16)13-24(22)17-9-4-3-5-10-17/h3-11,14H,12-13H2,1-2H3,(H2,19,20,21). The van der Waals surface area contributed by atoms with E-state index in [1.165, 1.54) is 0 Å². The van der Waals surface area contributed by atoms with Crippen molar-refractivity contribution in [2.75, 3.05) is 19.0 Å². The van der Waals surface area contributed by atoms with Crippen LogP contribution in [0, 0.1) is 0 Å². The largest absolute Gasteiger partial charge is 0.383 e. The number of carbonyl (C=O) groups is 1. The molecule has 0 bridgehead atoms. The summed E-state index contributed by atoms with van der Waals surface area (Å²) in [6.07, 6.45) is 0. The molecule has 0 heterocycles. The van der Waals surface area contributed by atoms with Gasteiger partial charge in [0.2, 0.25) is 0 Å². The lowest BCUT2D eigenvalue weighted by atomic mass is 10.2. The number of carbonyl (C=O) groups excluding carboxylic acids is 1. The maximum Gasteiger partial charge on any atom is 0.319 e. The van der Waals surface area contributed by atoms with Gasteiger partial charge in [0.05, 0.1) is 29.2 Å². The predicted molar refractivity (Wildman–Crippen MR) is 96.5 cm³/mol. The summed E-state index contributed by atoms with van der Waals surface area (Å²) in [6, 6.07) is 16.3. The number of urea groups is 1. The first-order valence-corrected chi connectivity index (χ1v) is 8.99. The smallest absolute Gasteiger partial charge is 0.319 e. The Balaban J connectivity index is 1.96. The van der Waals surface area contributed by atoms with Crippen molar-refractivity contribution < 1.29 is 13.7 Å². The number of nitrogens with one attached hydrogen (secondary N) is 2. The first kappa shape index (κ1) is 18.2. The van der Waals surface area contributed by atoms with Crippen LogP contribution in [0.1, 0.15) is 12.5 Å². The average molecular weight is 346 g/mol. The van der Waals surface area contributed by atoms with Crippen LogP contribution in [0.15, 0.2) is 59.5 Å². The highest BCUT2D eigenvalue weighted by Gasteiger charge is 2.09. The van der Waals surface area contributed by atoms with Crippen molar-refractivity contribution in [2.24, 2.45) is 0 Å². The van der Waals surface area contributed by atoms with E-state index in [1.807, 2.05) is 55.5 Å². The van der Waals surface area contributed by atoms with Crippen molar-refractivity contribution in [1.29, 1.82) is 0 Å². The van der Waals surface area contributed by atoms with Crippen molar-refractivity contribution >= 4 is 22.5 Å². The zero-order chi connectivity index (χ0) is 17.4. The Morgan fingerprint density at radius 2 is 1.92 bits per heavy atom. The molecule has 0 saturated heterocycles. The quantitative estimate of drug-likeness (QED) is 0.809. The summed E-state index contributed by atoms with van der Waals surface area (Å²) in [5.41, 5.74) is 1.57. The summed E-state index contributed by atoms with van der Waals surface area (Å²) in [5.74, 6) is 0.404. The molecule has 2 rings (SSSR count). The minimum absolute atomic E-state index is 0.0798. The van der Waals surface area contributed by atoms with Crippen molar-refractivity contribution in [2.45, 2.75) is 23.6 Å². The summed E-state index contributed by atoms with van der Waals surface area (Å²) in [7, 11) is 0.478. The monoisotopic (exact) mass is 346 g/mol. The first-order chi connectivity index (χ1) is 11.6. The molecular weight excluding hydrogens is 324 g/mol. The fourth-order valence-corrected chi connectivity index (χ4v) is 3.34. The highest BCUT2D eigenvalue weighted by atomic mass is 32.2. The molecule has 2 aromatic carbocycles. The van der Waals surface area contributed by atoms with Crippen molar-refractivity contribution in [3.63, 3.8) is 0 Å². The van der Waals surface area contributed by atoms with Gasteiger partial charge in [-0.2, -0.15) is 0 Å². The third kappa shape index (κ3) is 5.79. The molecule has 6 heteroatoms. The topological polar surface area (TPSA) is 67.4 Å². The van der Waals surface area contributed by atoms with Gasteiger partial charge in [-0.25, -0.2) is 4.79 Å². The number of anilines is 1. The summed E-state index contributed by atoms with van der Waals surface area (Å²) >= 11 is 0. The van der Waals surface area contributed by atoms with Crippen molar-refractivity contribution in [3.05, 3.63) is 60.2 Å². The summed E-state index contributed by atoms with van der Waals surface area (Å²) in [5, 5.41) is 5.56. The second kappa shape index (κ2) is 9.20. The molecule has 5 nitrogen and oxygen atoms in total. The number of rotatable bonds is 7. The molecule has 0 aliphatic carbocycles. The van der Waals surface area contributed by atoms with E-state index in [0.717, 1.165) is 10.5 Å². The van der Waals surface area contributed by atoms with Crippen LogP contribution in [-0.4, -0.2) is 30.0 Å². The zero-order valence-corrected chi connectivity index (χ0v) is 14.6. The third-order valence-electron chi connectivity index (χ3n) is 3.28. The molecule has 0 spiro atoms. The lowest BCUT2D eigenvalue weighted by Gasteiger charge is -2.14. The third-order valence-corrected chi connectivity index (χ3v) is 4.68. The van der Waals surface area contributed by atoms with E-state index >= 15 is 0 Å². The fraction of sp³-hybridized carbons (Fsp3) is 0.278. The second-order valence-electron chi connectivity index (χ2n) is 5.46. The maximum atomic E-state index is 12.4. The Labute approximate surface area is 144 Å². The summed E-state index contributed by atoms with van der Waals surface area (Å²) in [4.78, 5) is 12.7. The van der Waals surface area contributed by atoms with Gasteiger partial charge >= 0.3 is 6.03 Å². The molecule has 2 atom stereocenters. The van der Waals surface area contributed by atoms with Crippen LogP contribution in [0.3, 0.4) is 0 Å². The van der Waals surface area contributed by atoms with Crippen LogP contribution in [-0.2, 0) is 21.3 Å². The molecule has 128 valence electrons. The number of hydrogen-bond acceptors (Lipinski definition) is 3. The zero-order valence-electron chi connectivity index (χ0n) is 13.8. The number of hydrogen-bond donors (Lipinski definition) is 2. The van der Waals surface area contributed by atoms with E-state index in [1.54, 1.807) is 13.2 Å². The summed E-state index contributed by atoms with van der Waals surface area (Å²) in [6.45, 7) is 2.31. The highest BCUT2D eigenvalue weighted by Crippen LogP contribution is 2.16. The van der Waals surface area contributed by atoms with Gasteiger partial charge in [0.25, 0.3) is 0 Å². The van der Waals surface area contributed by atoms with Gasteiger partial charge in [-0.05, 0) is 36.8 Å². The number of ether oxygens (including phenoxy) is 1. The molecule has 0 aliphatic heterocycles. The SMILES string of the molecule is COCC(C)NC(=O)Nc1cccc(CS(=O)c2ccccc2)c1. The van der Waals surface area contributed by atoms with Gasteiger partial charge in [-0.15, -0.1) is 0 Å². The summed E-state index contributed by atoms with van der Waals surface area (Å²) < 4.78 is 17.3. The fourth-order valence-electron chi connectivity index (χ4n) is 2.23. The Bertz CT molecular complexity index is 692. The lowest BCUT2D eigenvalue weighted by Crippen LogP contribution is -2.38. The molecule has 0 radical (unpaired) electrons. The van der Waals surface area contributed by atoms with Crippen LogP contribution < -0.4 is 10.6 Å². The number of benzene rings is 2. The van der Waals surface area contributed by atoms with E-state index < -0.39 is 10.8 Å². The Hall–Kier alpha value is -2.18. The molecule has 2 unspecified atom stereocenters. The Kier molecular flexibility index (Phi) is 6.96. The van der Waals surface area contributed by atoms with E-state index in [4.69, 9.17) is 4.74 Å². The molecule has 0 saturated carbocycles. The van der Waals surface area contributed by atoms with E-state index in [2.05, 4.69) is 10.6 Å². The normalized spacial score (nSPS) is 13.1. The van der Waals surface area contributed by atoms with Gasteiger partial charge in [0, 0.05) is 17.7 Å². The van der Waals surface area contributed by atoms with Crippen molar-refractivity contribution in [3.8, 4) is 0 Å². The molecular formula is C18H22N2O3S. The number of amides is 2. The Morgan fingerprint density at radius 1 is 1.17 bits per heavy atom.